The van der Waals surface area contributed by atoms with Crippen molar-refractivity contribution in [2.75, 3.05) is 21.4 Å². The minimum atomic E-state index is -4.61. The summed E-state index contributed by atoms with van der Waals surface area (Å²) >= 11 is 5.71. The molecule has 174 valence electrons. The maximum absolute atomic E-state index is 14.7. The molecule has 32 heavy (non-hydrogen) atoms. The molecule has 4 rings (SSSR count). The second-order valence-corrected chi connectivity index (χ2v) is 9.72. The van der Waals surface area contributed by atoms with E-state index in [9.17, 15) is 31.3 Å². The number of hydrogen-bond donors (Lipinski definition) is 1. The lowest BCUT2D eigenvalue weighted by Gasteiger charge is -2.37. The molecule has 2 aliphatic rings. The van der Waals surface area contributed by atoms with Crippen molar-refractivity contribution >= 4 is 33.9 Å². The van der Waals surface area contributed by atoms with Gasteiger partial charge in [-0.15, -0.1) is 0 Å². The highest BCUT2D eigenvalue weighted by Crippen LogP contribution is 2.40. The van der Waals surface area contributed by atoms with Crippen LogP contribution in [0.1, 0.15) is 24.1 Å². The summed E-state index contributed by atoms with van der Waals surface area (Å²) in [4.78, 5) is 6.83. The van der Waals surface area contributed by atoms with E-state index in [0.717, 1.165) is 24.3 Å². The van der Waals surface area contributed by atoms with Crippen molar-refractivity contribution < 1.29 is 31.3 Å². The summed E-state index contributed by atoms with van der Waals surface area (Å²) < 4.78 is 80.6. The molecule has 0 radical (unpaired) electrons. The van der Waals surface area contributed by atoms with Crippen LogP contribution in [0.4, 0.5) is 33.5 Å². The van der Waals surface area contributed by atoms with Crippen LogP contribution in [0.25, 0.3) is 0 Å². The average molecular weight is 496 g/mol. The Morgan fingerprint density at radius 2 is 1.97 bits per heavy atom. The van der Waals surface area contributed by atoms with Crippen molar-refractivity contribution in [3.05, 3.63) is 52.2 Å². The number of anilines is 2. The van der Waals surface area contributed by atoms with Gasteiger partial charge in [0.25, 0.3) is 0 Å². The number of aryl methyl sites for hydroxylation is 1. The number of nitrogens with zero attached hydrogens (tertiary/aromatic N) is 3. The van der Waals surface area contributed by atoms with Gasteiger partial charge in [0.1, 0.15) is 22.9 Å². The van der Waals surface area contributed by atoms with Gasteiger partial charge < -0.3 is 14.9 Å². The molecule has 3 atom stereocenters. The van der Waals surface area contributed by atoms with Crippen molar-refractivity contribution in [1.82, 2.24) is 4.98 Å². The van der Waals surface area contributed by atoms with Crippen molar-refractivity contribution in [3.63, 3.8) is 0 Å². The van der Waals surface area contributed by atoms with Gasteiger partial charge in [-0.3, -0.25) is 4.21 Å². The zero-order valence-corrected chi connectivity index (χ0v) is 18.3. The quantitative estimate of drug-likeness (QED) is 0.382. The van der Waals surface area contributed by atoms with Crippen molar-refractivity contribution in [2.24, 2.45) is 0 Å². The molecule has 1 aromatic carbocycles. The second kappa shape index (κ2) is 8.42. The third-order valence-electron chi connectivity index (χ3n) is 5.46. The predicted octanol–water partition coefficient (Wildman–Crippen LogP) is 4.22. The monoisotopic (exact) mass is 495 g/mol. The molecular formula is C20H19ClF5N3O2S. The molecule has 1 saturated heterocycles. The molecule has 0 spiro atoms. The minimum Gasteiger partial charge on any atom is -0.371 e. The van der Waals surface area contributed by atoms with Gasteiger partial charge in [-0.2, -0.15) is 13.2 Å². The maximum Gasteiger partial charge on any atom is 0.416 e. The third kappa shape index (κ3) is 4.42. The van der Waals surface area contributed by atoms with Gasteiger partial charge in [0.15, 0.2) is 5.82 Å². The van der Waals surface area contributed by atoms with E-state index in [1.807, 2.05) is 0 Å². The van der Waals surface area contributed by atoms with Crippen LogP contribution in [-0.4, -0.2) is 44.2 Å². The largest absolute Gasteiger partial charge is 0.416 e. The molecule has 2 heterocycles. The SMILES string of the molecule is Cc1cc(C(F)(F)F)cc(N2CS(=O)C[C@@H]2C(O)N(c2ccc(F)c(Cl)c2F)C2CC2)n1. The Hall–Kier alpha value is -1.98. The lowest BCUT2D eigenvalue weighted by atomic mass is 10.1. The Bertz CT molecular complexity index is 1070. The summed E-state index contributed by atoms with van der Waals surface area (Å²) in [6.45, 7) is 1.41. The van der Waals surface area contributed by atoms with Crippen molar-refractivity contribution in [1.29, 1.82) is 0 Å². The fourth-order valence-electron chi connectivity index (χ4n) is 3.84. The van der Waals surface area contributed by atoms with E-state index in [0.29, 0.717) is 12.8 Å². The first kappa shape index (κ1) is 23.2. The van der Waals surface area contributed by atoms with Gasteiger partial charge in [0.05, 0.1) is 28.9 Å². The fraction of sp³-hybridized carbons (Fsp3) is 0.450. The Labute approximate surface area is 188 Å². The third-order valence-corrected chi connectivity index (χ3v) is 7.09. The molecule has 12 heteroatoms. The molecule has 1 aliphatic carbocycles. The van der Waals surface area contributed by atoms with Gasteiger partial charge in [0.2, 0.25) is 0 Å². The van der Waals surface area contributed by atoms with Gasteiger partial charge in [-0.25, -0.2) is 13.8 Å². The van der Waals surface area contributed by atoms with Crippen LogP contribution in [0.2, 0.25) is 5.02 Å². The number of hydrogen-bond acceptors (Lipinski definition) is 5. The molecule has 5 nitrogen and oxygen atoms in total. The second-order valence-electron chi connectivity index (χ2n) is 7.87. The summed E-state index contributed by atoms with van der Waals surface area (Å²) in [5, 5.41) is 10.5. The lowest BCUT2D eigenvalue weighted by molar-refractivity contribution is -0.137. The average Bonchev–Trinajstić information content (AvgIpc) is 3.47. The molecule has 1 aromatic heterocycles. The summed E-state index contributed by atoms with van der Waals surface area (Å²) in [7, 11) is -1.48. The molecule has 0 amide bonds. The minimum absolute atomic E-state index is 0.0576. The normalized spacial score (nSPS) is 22.3. The number of benzene rings is 1. The number of alkyl halides is 3. The van der Waals surface area contributed by atoms with Gasteiger partial charge >= 0.3 is 6.18 Å². The van der Waals surface area contributed by atoms with Crippen LogP contribution in [0, 0.1) is 18.6 Å². The lowest BCUT2D eigenvalue weighted by Crippen LogP contribution is -2.52. The van der Waals surface area contributed by atoms with Gasteiger partial charge in [0, 0.05) is 22.5 Å². The fourth-order valence-corrected chi connectivity index (χ4v) is 5.47. The standard InChI is InChI=1S/C20H19ClF5N3O2S/c1-10-6-11(20(24,25)26)7-16(27-10)28-9-32(31)8-15(28)19(30)29(12-2-3-12)14-5-4-13(22)17(21)18(14)23/h4-7,12,15,19,30H,2-3,8-9H2,1H3/t15-,19?,32?/m1/s1. The van der Waals surface area contributed by atoms with Crippen LogP contribution >= 0.6 is 11.6 Å². The molecular weight excluding hydrogens is 477 g/mol. The molecule has 1 saturated carbocycles. The van der Waals surface area contributed by atoms with Crippen LogP contribution in [-0.2, 0) is 17.0 Å². The number of rotatable bonds is 5. The highest BCUT2D eigenvalue weighted by atomic mass is 35.5. The van der Waals surface area contributed by atoms with E-state index in [1.165, 1.54) is 16.7 Å². The number of pyridine rings is 1. The number of halogens is 6. The van der Waals surface area contributed by atoms with Crippen LogP contribution in [0.15, 0.2) is 24.3 Å². The zero-order valence-electron chi connectivity index (χ0n) is 16.7. The summed E-state index contributed by atoms with van der Waals surface area (Å²) in [6.07, 6.45) is -4.80. The first-order valence-corrected chi connectivity index (χ1v) is 11.6. The van der Waals surface area contributed by atoms with Gasteiger partial charge in [-0.1, -0.05) is 11.6 Å². The Kier molecular flexibility index (Phi) is 6.10. The number of aliphatic hydroxyl groups excluding tert-OH is 1. The van der Waals surface area contributed by atoms with E-state index in [4.69, 9.17) is 11.6 Å². The Balaban J connectivity index is 1.72. The number of aliphatic hydroxyl groups is 1. The van der Waals surface area contributed by atoms with Crippen LogP contribution in [0.5, 0.6) is 0 Å². The molecule has 1 aliphatic heterocycles. The number of aromatic nitrogens is 1. The molecule has 2 aromatic rings. The Morgan fingerprint density at radius 1 is 1.28 bits per heavy atom. The van der Waals surface area contributed by atoms with Crippen molar-refractivity contribution in [2.45, 2.75) is 44.3 Å². The zero-order chi connectivity index (χ0) is 23.4. The van der Waals surface area contributed by atoms with E-state index in [-0.39, 0.29) is 34.9 Å². The first-order valence-electron chi connectivity index (χ1n) is 9.74. The van der Waals surface area contributed by atoms with E-state index in [1.54, 1.807) is 0 Å². The van der Waals surface area contributed by atoms with E-state index < -0.39 is 51.5 Å². The smallest absolute Gasteiger partial charge is 0.371 e. The van der Waals surface area contributed by atoms with E-state index in [2.05, 4.69) is 4.98 Å². The predicted molar refractivity (Wildman–Crippen MR) is 111 cm³/mol. The maximum atomic E-state index is 14.7. The first-order chi connectivity index (χ1) is 15.0. The van der Waals surface area contributed by atoms with Crippen molar-refractivity contribution in [3.8, 4) is 0 Å². The molecule has 2 fully saturated rings. The van der Waals surface area contributed by atoms with Crippen LogP contribution < -0.4 is 9.80 Å². The highest BCUT2D eigenvalue weighted by Gasteiger charge is 2.44. The molecule has 0 bridgehead atoms. The molecule has 1 N–H and O–H groups in total. The summed E-state index contributed by atoms with van der Waals surface area (Å²) in [6, 6.07) is 2.66. The molecule has 2 unspecified atom stereocenters. The highest BCUT2D eigenvalue weighted by molar-refractivity contribution is 7.85. The summed E-state index contributed by atoms with van der Waals surface area (Å²) in [5.74, 6) is -2.28. The van der Waals surface area contributed by atoms with Gasteiger partial charge in [-0.05, 0) is 44.0 Å². The van der Waals surface area contributed by atoms with E-state index >= 15 is 0 Å². The topological polar surface area (TPSA) is 56.7 Å². The Morgan fingerprint density at radius 3 is 2.59 bits per heavy atom. The summed E-state index contributed by atoms with van der Waals surface area (Å²) in [5.41, 5.74) is -0.935. The van der Waals surface area contributed by atoms with Crippen LogP contribution in [0.3, 0.4) is 0 Å².